The highest BCUT2D eigenvalue weighted by atomic mass is 19.3. The predicted molar refractivity (Wildman–Crippen MR) is 133 cm³/mol. The molecule has 0 aromatic carbocycles. The number of hydrogen-bond acceptors (Lipinski definition) is 6. The molecule has 10 heteroatoms. The van der Waals surface area contributed by atoms with Crippen molar-refractivity contribution in [1.29, 1.82) is 0 Å². The maximum Gasteiger partial charge on any atom is 0.252 e. The van der Waals surface area contributed by atoms with Gasteiger partial charge >= 0.3 is 0 Å². The van der Waals surface area contributed by atoms with Gasteiger partial charge in [0, 0.05) is 75.0 Å². The first-order valence-corrected chi connectivity index (χ1v) is 14.1. The predicted octanol–water partition coefficient (Wildman–Crippen LogP) is 4.38. The second kappa shape index (κ2) is 10.1. The van der Waals surface area contributed by atoms with Crippen molar-refractivity contribution in [3.63, 3.8) is 0 Å². The van der Waals surface area contributed by atoms with E-state index in [4.69, 9.17) is 4.52 Å². The maximum atomic E-state index is 15.3. The van der Waals surface area contributed by atoms with Gasteiger partial charge in [-0.05, 0) is 52.9 Å². The lowest BCUT2D eigenvalue weighted by Crippen LogP contribution is -2.61. The molecule has 37 heavy (non-hydrogen) atoms. The monoisotopic (exact) mass is 525 g/mol. The van der Waals surface area contributed by atoms with Crippen LogP contribution in [0.1, 0.15) is 90.3 Å². The Labute approximate surface area is 218 Å². The summed E-state index contributed by atoms with van der Waals surface area (Å²) in [6, 6.07) is 0.353. The third kappa shape index (κ3) is 5.42. The van der Waals surface area contributed by atoms with E-state index in [-0.39, 0.29) is 42.2 Å². The Morgan fingerprint density at radius 3 is 2.49 bits per heavy atom. The highest BCUT2D eigenvalue weighted by Crippen LogP contribution is 2.45. The number of halogens is 3. The Bertz CT molecular complexity index is 964. The summed E-state index contributed by atoms with van der Waals surface area (Å²) < 4.78 is 49.3. The van der Waals surface area contributed by atoms with Crippen molar-refractivity contribution in [1.82, 2.24) is 24.8 Å². The van der Waals surface area contributed by atoms with Gasteiger partial charge in [0.15, 0.2) is 5.82 Å². The molecule has 1 aromatic heterocycles. The highest BCUT2D eigenvalue weighted by molar-refractivity contribution is 5.76. The zero-order valence-corrected chi connectivity index (χ0v) is 22.6. The molecular weight excluding hydrogens is 483 g/mol. The highest BCUT2D eigenvalue weighted by Gasteiger charge is 2.51. The molecule has 7 nitrogen and oxygen atoms in total. The fourth-order valence-electron chi connectivity index (χ4n) is 6.70. The SMILES string of the molecule is CC(C)N1CCN([C@H]2CCCC(F)(F)[C@@H]2CC(=O)N2CCC(C)(c3noc([C@@H]4C[C@@H]4F)n3)CC2)[C@@H](C)C1. The molecule has 0 radical (unpaired) electrons. The van der Waals surface area contributed by atoms with Crippen LogP contribution < -0.4 is 0 Å². The smallest absolute Gasteiger partial charge is 0.252 e. The number of carbonyl (C=O) groups is 1. The van der Waals surface area contributed by atoms with Crippen molar-refractivity contribution in [3.8, 4) is 0 Å². The number of piperidine rings is 1. The van der Waals surface area contributed by atoms with Gasteiger partial charge in [-0.3, -0.25) is 14.6 Å². The van der Waals surface area contributed by atoms with Crippen LogP contribution in [0, 0.1) is 5.92 Å². The van der Waals surface area contributed by atoms with Crippen molar-refractivity contribution in [2.45, 2.75) is 114 Å². The van der Waals surface area contributed by atoms with Crippen molar-refractivity contribution in [2.75, 3.05) is 32.7 Å². The van der Waals surface area contributed by atoms with Crippen molar-refractivity contribution in [3.05, 3.63) is 11.7 Å². The minimum Gasteiger partial charge on any atom is -0.343 e. The standard InChI is InChI=1S/C27H42F3N5O2/c1-17(2)34-12-13-35(18(3)16-34)22-6-5-7-27(29,30)20(22)15-23(36)33-10-8-26(4,9-11-33)25-31-24(37-32-25)19-14-21(19)28/h17-22H,5-16H2,1-4H3/t18-,19+,20+,21-,22-/m0/s1. The average molecular weight is 526 g/mol. The van der Waals surface area contributed by atoms with Crippen LogP contribution in [0.4, 0.5) is 13.2 Å². The molecule has 0 unspecified atom stereocenters. The van der Waals surface area contributed by atoms with E-state index < -0.39 is 18.0 Å². The number of aromatic nitrogens is 2. The Kier molecular flexibility index (Phi) is 7.37. The van der Waals surface area contributed by atoms with Gasteiger partial charge in [-0.2, -0.15) is 4.98 Å². The molecule has 2 saturated heterocycles. The van der Waals surface area contributed by atoms with Gasteiger partial charge in [0.1, 0.15) is 6.17 Å². The van der Waals surface area contributed by atoms with E-state index in [2.05, 4.69) is 40.7 Å². The van der Waals surface area contributed by atoms with E-state index in [0.29, 0.717) is 56.5 Å². The van der Waals surface area contributed by atoms with E-state index in [9.17, 15) is 9.18 Å². The summed E-state index contributed by atoms with van der Waals surface area (Å²) in [5, 5.41) is 4.11. The van der Waals surface area contributed by atoms with Crippen LogP contribution in [0.15, 0.2) is 4.52 Å². The lowest BCUT2D eigenvalue weighted by atomic mass is 9.76. The summed E-state index contributed by atoms with van der Waals surface area (Å²) in [6.07, 6.45) is 1.75. The van der Waals surface area contributed by atoms with E-state index in [0.717, 1.165) is 26.1 Å². The Hall–Kier alpha value is -1.68. The lowest BCUT2D eigenvalue weighted by molar-refractivity contribution is -0.154. The first-order valence-electron chi connectivity index (χ1n) is 14.1. The van der Waals surface area contributed by atoms with Crippen molar-refractivity contribution < 1.29 is 22.5 Å². The Balaban J connectivity index is 1.22. The fraction of sp³-hybridized carbons (Fsp3) is 0.889. The topological polar surface area (TPSA) is 65.7 Å². The molecular formula is C27H42F3N5O2. The van der Waals surface area contributed by atoms with Crippen LogP contribution in [0.3, 0.4) is 0 Å². The molecule has 4 aliphatic rings. The van der Waals surface area contributed by atoms with Gasteiger partial charge < -0.3 is 9.42 Å². The van der Waals surface area contributed by atoms with Crippen LogP contribution in [0.5, 0.6) is 0 Å². The van der Waals surface area contributed by atoms with E-state index in [1.807, 2.05) is 6.92 Å². The van der Waals surface area contributed by atoms with Crippen molar-refractivity contribution in [2.24, 2.45) is 5.92 Å². The summed E-state index contributed by atoms with van der Waals surface area (Å²) >= 11 is 0. The van der Waals surface area contributed by atoms with E-state index in [1.165, 1.54) is 0 Å². The summed E-state index contributed by atoms with van der Waals surface area (Å²) in [7, 11) is 0. The van der Waals surface area contributed by atoms with Crippen LogP contribution in [-0.2, 0) is 10.2 Å². The Morgan fingerprint density at radius 2 is 1.86 bits per heavy atom. The van der Waals surface area contributed by atoms with Gasteiger partial charge in [-0.1, -0.05) is 12.1 Å². The molecule has 0 bridgehead atoms. The average Bonchev–Trinajstić information content (AvgIpc) is 3.36. The van der Waals surface area contributed by atoms with Crippen LogP contribution in [-0.4, -0.2) is 93.7 Å². The van der Waals surface area contributed by atoms with Crippen molar-refractivity contribution >= 4 is 5.91 Å². The third-order valence-corrected chi connectivity index (χ3v) is 9.51. The van der Waals surface area contributed by atoms with E-state index >= 15 is 8.78 Å². The number of piperazine rings is 1. The van der Waals surface area contributed by atoms with Crippen LogP contribution in [0.2, 0.25) is 0 Å². The van der Waals surface area contributed by atoms with Gasteiger partial charge in [-0.15, -0.1) is 0 Å². The largest absolute Gasteiger partial charge is 0.343 e. The minimum atomic E-state index is -2.84. The summed E-state index contributed by atoms with van der Waals surface area (Å²) in [6.45, 7) is 12.0. The molecule has 2 aliphatic heterocycles. The molecule has 4 fully saturated rings. The molecule has 3 heterocycles. The molecule has 5 rings (SSSR count). The summed E-state index contributed by atoms with van der Waals surface area (Å²) in [5.74, 6) is -3.34. The molecule has 208 valence electrons. The minimum absolute atomic E-state index is 0.114. The van der Waals surface area contributed by atoms with Crippen LogP contribution >= 0.6 is 0 Å². The molecule has 0 spiro atoms. The molecule has 5 atom stereocenters. The maximum absolute atomic E-state index is 15.3. The molecule has 0 N–H and O–H groups in total. The third-order valence-electron chi connectivity index (χ3n) is 9.51. The molecule has 1 aromatic rings. The number of hydrogen-bond donors (Lipinski definition) is 0. The van der Waals surface area contributed by atoms with Crippen LogP contribution in [0.25, 0.3) is 0 Å². The Morgan fingerprint density at radius 1 is 1.16 bits per heavy atom. The number of likely N-dealkylation sites (tertiary alicyclic amines) is 1. The molecule has 1 amide bonds. The number of amides is 1. The fourth-order valence-corrected chi connectivity index (χ4v) is 6.70. The van der Waals surface area contributed by atoms with Gasteiger partial charge in [0.25, 0.3) is 5.92 Å². The van der Waals surface area contributed by atoms with Gasteiger partial charge in [-0.25, -0.2) is 13.2 Å². The first kappa shape index (κ1) is 26.9. The van der Waals surface area contributed by atoms with Gasteiger partial charge in [0.2, 0.25) is 11.8 Å². The van der Waals surface area contributed by atoms with Gasteiger partial charge in [0.05, 0.1) is 5.92 Å². The van der Waals surface area contributed by atoms with E-state index in [1.54, 1.807) is 4.90 Å². The number of carbonyl (C=O) groups excluding carboxylic acids is 1. The molecule has 2 aliphatic carbocycles. The second-order valence-electron chi connectivity index (χ2n) is 12.5. The number of nitrogens with zero attached hydrogens (tertiary/aromatic N) is 5. The zero-order valence-electron chi connectivity index (χ0n) is 22.6. The normalized spacial score (nSPS) is 34.6. The second-order valence-corrected chi connectivity index (χ2v) is 12.5. The lowest BCUT2D eigenvalue weighted by Gasteiger charge is -2.50. The number of alkyl halides is 3. The summed E-state index contributed by atoms with van der Waals surface area (Å²) in [5.41, 5.74) is -0.373. The zero-order chi connectivity index (χ0) is 26.5. The summed E-state index contributed by atoms with van der Waals surface area (Å²) in [4.78, 5) is 24.2. The number of rotatable bonds is 6. The molecule has 2 saturated carbocycles. The first-order chi connectivity index (χ1) is 17.5. The quantitative estimate of drug-likeness (QED) is 0.549.